The summed E-state index contributed by atoms with van der Waals surface area (Å²) in [4.78, 5) is 0. The molecule has 1 fully saturated rings. The van der Waals surface area contributed by atoms with Crippen molar-refractivity contribution in [2.75, 3.05) is 13.1 Å². The van der Waals surface area contributed by atoms with Crippen LogP contribution in [0, 0.1) is 5.92 Å². The maximum atomic E-state index is 12.4. The Labute approximate surface area is 111 Å². The van der Waals surface area contributed by atoms with Crippen molar-refractivity contribution in [3.63, 3.8) is 0 Å². The quantitative estimate of drug-likeness (QED) is 0.702. The van der Waals surface area contributed by atoms with E-state index in [-0.39, 0.29) is 25.3 Å². The molecule has 0 aliphatic carbocycles. The molecule has 1 aliphatic heterocycles. The zero-order chi connectivity index (χ0) is 14.7. The molecular weight excluding hydrogens is 283 g/mol. The van der Waals surface area contributed by atoms with Gasteiger partial charge in [-0.1, -0.05) is 13.8 Å². The number of piperidine rings is 1. The molecule has 0 amide bonds. The molecule has 5 nitrogen and oxygen atoms in total. The van der Waals surface area contributed by atoms with Crippen LogP contribution in [0.4, 0.5) is 13.2 Å². The van der Waals surface area contributed by atoms with Gasteiger partial charge in [0.15, 0.2) is 0 Å². The molecule has 2 unspecified atom stereocenters. The molecule has 0 spiro atoms. The predicted molar refractivity (Wildman–Crippen MR) is 65.8 cm³/mol. The Hall–Kier alpha value is -0.380. The molecule has 0 bridgehead atoms. The van der Waals surface area contributed by atoms with Crippen molar-refractivity contribution in [1.29, 1.82) is 0 Å². The first kappa shape index (κ1) is 16.7. The van der Waals surface area contributed by atoms with Gasteiger partial charge in [-0.25, -0.2) is 4.72 Å². The van der Waals surface area contributed by atoms with Gasteiger partial charge in [0.2, 0.25) is 0 Å². The summed E-state index contributed by atoms with van der Waals surface area (Å²) in [6, 6.07) is -2.06. The maximum absolute atomic E-state index is 12.4. The Morgan fingerprint density at radius 1 is 1.32 bits per heavy atom. The van der Waals surface area contributed by atoms with Crippen LogP contribution in [-0.4, -0.2) is 39.8 Å². The van der Waals surface area contributed by atoms with Crippen LogP contribution in [0.25, 0.3) is 0 Å². The molecule has 1 heterocycles. The van der Waals surface area contributed by atoms with Crippen LogP contribution in [0.15, 0.2) is 0 Å². The van der Waals surface area contributed by atoms with Crippen LogP contribution in [0.2, 0.25) is 0 Å². The molecule has 0 aromatic heterocycles. The van der Waals surface area contributed by atoms with Crippen LogP contribution in [0.3, 0.4) is 0 Å². The van der Waals surface area contributed by atoms with E-state index in [2.05, 4.69) is 14.8 Å². The van der Waals surface area contributed by atoms with Crippen LogP contribution >= 0.6 is 0 Å². The SMILES string of the molecule is CC(C)CNS(=O)(=O)NC1CCC(C(F)(F)F)NC1. The monoisotopic (exact) mass is 303 g/mol. The van der Waals surface area contributed by atoms with Gasteiger partial charge < -0.3 is 5.32 Å². The number of hydrogen-bond acceptors (Lipinski definition) is 3. The lowest BCUT2D eigenvalue weighted by Gasteiger charge is -2.31. The molecule has 114 valence electrons. The molecule has 0 aromatic rings. The lowest BCUT2D eigenvalue weighted by atomic mass is 10.0. The number of alkyl halides is 3. The maximum Gasteiger partial charge on any atom is 0.403 e. The van der Waals surface area contributed by atoms with Gasteiger partial charge in [-0.2, -0.15) is 26.3 Å². The lowest BCUT2D eigenvalue weighted by Crippen LogP contribution is -2.55. The Morgan fingerprint density at radius 3 is 2.37 bits per heavy atom. The zero-order valence-corrected chi connectivity index (χ0v) is 11.7. The van der Waals surface area contributed by atoms with Gasteiger partial charge in [-0.3, -0.25) is 0 Å². The summed E-state index contributed by atoms with van der Waals surface area (Å²) in [5, 5.41) is 2.32. The Kier molecular flexibility index (Phi) is 5.60. The first-order valence-electron chi connectivity index (χ1n) is 6.17. The third-order valence-electron chi connectivity index (χ3n) is 2.81. The Balaban J connectivity index is 2.40. The van der Waals surface area contributed by atoms with E-state index in [0.717, 1.165) is 0 Å². The van der Waals surface area contributed by atoms with E-state index >= 15 is 0 Å². The summed E-state index contributed by atoms with van der Waals surface area (Å²) in [5.41, 5.74) is 0. The first-order valence-corrected chi connectivity index (χ1v) is 7.65. The lowest BCUT2D eigenvalue weighted by molar-refractivity contribution is -0.160. The number of rotatable bonds is 5. The highest BCUT2D eigenvalue weighted by Gasteiger charge is 2.41. The molecule has 1 rings (SSSR count). The number of nitrogens with one attached hydrogen (secondary N) is 3. The fourth-order valence-corrected chi connectivity index (χ4v) is 3.05. The van der Waals surface area contributed by atoms with Crippen molar-refractivity contribution in [2.24, 2.45) is 5.92 Å². The fourth-order valence-electron chi connectivity index (χ4n) is 1.77. The van der Waals surface area contributed by atoms with E-state index < -0.39 is 28.5 Å². The summed E-state index contributed by atoms with van der Waals surface area (Å²) < 4.78 is 65.1. The molecule has 2 atom stereocenters. The van der Waals surface area contributed by atoms with Crippen LogP contribution in [0.1, 0.15) is 26.7 Å². The standard InChI is InChI=1S/C10H20F3N3O2S/c1-7(2)5-15-19(17,18)16-8-3-4-9(14-6-8)10(11,12)13/h7-9,14-16H,3-6H2,1-2H3. The number of halogens is 3. The minimum absolute atomic E-state index is 0.0211. The largest absolute Gasteiger partial charge is 0.403 e. The zero-order valence-electron chi connectivity index (χ0n) is 10.9. The van der Waals surface area contributed by atoms with Gasteiger partial charge in [-0.05, 0) is 18.8 Å². The van der Waals surface area contributed by atoms with E-state index in [9.17, 15) is 21.6 Å². The molecule has 1 aliphatic rings. The highest BCUT2D eigenvalue weighted by Crippen LogP contribution is 2.26. The summed E-state index contributed by atoms with van der Waals surface area (Å²) in [6.07, 6.45) is -4.24. The molecule has 19 heavy (non-hydrogen) atoms. The van der Waals surface area contributed by atoms with Gasteiger partial charge in [-0.15, -0.1) is 0 Å². The highest BCUT2D eigenvalue weighted by atomic mass is 32.2. The topological polar surface area (TPSA) is 70.2 Å². The minimum Gasteiger partial charge on any atom is -0.305 e. The third kappa shape index (κ3) is 6.07. The van der Waals surface area contributed by atoms with E-state index in [1.807, 2.05) is 13.8 Å². The van der Waals surface area contributed by atoms with Crippen molar-refractivity contribution in [1.82, 2.24) is 14.8 Å². The van der Waals surface area contributed by atoms with Crippen molar-refractivity contribution in [3.05, 3.63) is 0 Å². The van der Waals surface area contributed by atoms with Crippen molar-refractivity contribution in [2.45, 2.75) is 44.9 Å². The van der Waals surface area contributed by atoms with Crippen LogP contribution in [-0.2, 0) is 10.2 Å². The molecule has 9 heteroatoms. The molecule has 0 radical (unpaired) electrons. The summed E-state index contributed by atoms with van der Waals surface area (Å²) in [7, 11) is -3.65. The molecule has 3 N–H and O–H groups in total. The Bertz CT molecular complexity index is 376. The van der Waals surface area contributed by atoms with E-state index in [4.69, 9.17) is 0 Å². The van der Waals surface area contributed by atoms with E-state index in [1.54, 1.807) is 0 Å². The molecular formula is C10H20F3N3O2S. The van der Waals surface area contributed by atoms with Crippen LogP contribution in [0.5, 0.6) is 0 Å². The van der Waals surface area contributed by atoms with Gasteiger partial charge in [0.25, 0.3) is 10.2 Å². The van der Waals surface area contributed by atoms with Gasteiger partial charge in [0.1, 0.15) is 6.04 Å². The fraction of sp³-hybridized carbons (Fsp3) is 1.00. The summed E-state index contributed by atoms with van der Waals surface area (Å²) in [5.74, 6) is 0.163. The van der Waals surface area contributed by atoms with Gasteiger partial charge >= 0.3 is 6.18 Å². The van der Waals surface area contributed by atoms with Crippen molar-refractivity contribution in [3.8, 4) is 0 Å². The second kappa shape index (κ2) is 6.38. The average Bonchev–Trinajstić information content (AvgIpc) is 2.25. The Morgan fingerprint density at radius 2 is 1.95 bits per heavy atom. The van der Waals surface area contributed by atoms with Crippen molar-refractivity contribution < 1.29 is 21.6 Å². The minimum atomic E-state index is -4.28. The first-order chi connectivity index (χ1) is 8.60. The van der Waals surface area contributed by atoms with Gasteiger partial charge in [0.05, 0.1) is 0 Å². The predicted octanol–water partition coefficient (Wildman–Crippen LogP) is 0.749. The second-order valence-electron chi connectivity index (χ2n) is 5.14. The average molecular weight is 303 g/mol. The van der Waals surface area contributed by atoms with Gasteiger partial charge in [0, 0.05) is 19.1 Å². The second-order valence-corrected chi connectivity index (χ2v) is 6.67. The van der Waals surface area contributed by atoms with Crippen LogP contribution < -0.4 is 14.8 Å². The number of hydrogen-bond donors (Lipinski definition) is 3. The molecule has 0 saturated carbocycles. The third-order valence-corrected chi connectivity index (χ3v) is 4.00. The summed E-state index contributed by atoms with van der Waals surface area (Å²) >= 11 is 0. The highest BCUT2D eigenvalue weighted by molar-refractivity contribution is 7.87. The molecule has 1 saturated heterocycles. The van der Waals surface area contributed by atoms with E-state index in [0.29, 0.717) is 6.54 Å². The summed E-state index contributed by atoms with van der Waals surface area (Å²) in [6.45, 7) is 3.99. The normalized spacial score (nSPS) is 25.8. The molecule has 0 aromatic carbocycles. The van der Waals surface area contributed by atoms with Crippen molar-refractivity contribution >= 4 is 10.2 Å². The smallest absolute Gasteiger partial charge is 0.305 e. The van der Waals surface area contributed by atoms with E-state index in [1.165, 1.54) is 0 Å².